The van der Waals surface area contributed by atoms with Crippen molar-refractivity contribution in [3.63, 3.8) is 0 Å². The molecule has 0 bridgehead atoms. The molecule has 31 heavy (non-hydrogen) atoms. The maximum Gasteiger partial charge on any atom is 0.422 e. The Morgan fingerprint density at radius 2 is 1.97 bits per heavy atom. The van der Waals surface area contributed by atoms with Gasteiger partial charge in [-0.1, -0.05) is 12.1 Å². The zero-order chi connectivity index (χ0) is 22.7. The van der Waals surface area contributed by atoms with Crippen molar-refractivity contribution < 1.29 is 22.7 Å². The van der Waals surface area contributed by atoms with Crippen molar-refractivity contribution in [3.05, 3.63) is 59.3 Å². The Hall–Kier alpha value is -3.30. The zero-order valence-corrected chi connectivity index (χ0v) is 17.4. The van der Waals surface area contributed by atoms with Crippen molar-refractivity contribution >= 4 is 11.9 Å². The molecule has 0 aliphatic carbocycles. The van der Waals surface area contributed by atoms with E-state index < -0.39 is 12.8 Å². The molecular formula is C21H26F3N5O2. The number of carbonyl (C=O) groups is 1. The van der Waals surface area contributed by atoms with Gasteiger partial charge in [-0.25, -0.2) is 9.98 Å². The lowest BCUT2D eigenvalue weighted by atomic mass is 10.1. The maximum absolute atomic E-state index is 12.3. The van der Waals surface area contributed by atoms with Crippen molar-refractivity contribution in [1.29, 1.82) is 0 Å². The fourth-order valence-electron chi connectivity index (χ4n) is 2.63. The molecule has 0 fully saturated rings. The van der Waals surface area contributed by atoms with Gasteiger partial charge in [-0.3, -0.25) is 4.79 Å². The van der Waals surface area contributed by atoms with Crippen LogP contribution in [-0.2, 0) is 13.0 Å². The number of hydrogen-bond acceptors (Lipinski definition) is 4. The Kier molecular flexibility index (Phi) is 9.11. The van der Waals surface area contributed by atoms with Gasteiger partial charge in [0, 0.05) is 38.0 Å². The quantitative estimate of drug-likeness (QED) is 0.415. The van der Waals surface area contributed by atoms with E-state index in [2.05, 4.69) is 30.7 Å². The normalized spacial score (nSPS) is 11.7. The third-order valence-electron chi connectivity index (χ3n) is 4.07. The van der Waals surface area contributed by atoms with Crippen LogP contribution in [0.5, 0.6) is 5.88 Å². The van der Waals surface area contributed by atoms with Crippen molar-refractivity contribution in [2.24, 2.45) is 4.99 Å². The molecule has 0 aliphatic rings. The van der Waals surface area contributed by atoms with Gasteiger partial charge in [-0.05, 0) is 42.7 Å². The highest BCUT2D eigenvalue weighted by molar-refractivity contribution is 5.94. The zero-order valence-electron chi connectivity index (χ0n) is 17.4. The van der Waals surface area contributed by atoms with Crippen LogP contribution in [0.1, 0.15) is 28.4 Å². The van der Waals surface area contributed by atoms with Gasteiger partial charge in [0.2, 0.25) is 5.88 Å². The molecule has 1 aromatic carbocycles. The molecule has 0 radical (unpaired) electrons. The summed E-state index contributed by atoms with van der Waals surface area (Å²) in [4.78, 5) is 20.0. The van der Waals surface area contributed by atoms with Crippen molar-refractivity contribution in [1.82, 2.24) is 20.9 Å². The fourth-order valence-corrected chi connectivity index (χ4v) is 2.63. The number of aromatic nitrogens is 1. The standard InChI is InChI=1S/C21H26F3N5O2/c1-3-26-20(28-10-7-15-5-4-6-17(11-15)19(30)25-2)29-13-16-8-9-27-18(12-16)31-14-21(22,23)24/h4-6,8-9,11-12H,3,7,10,13-14H2,1-2H3,(H,25,30)(H2,26,28,29). The minimum absolute atomic E-state index is 0.0982. The molecule has 168 valence electrons. The second-order valence-electron chi connectivity index (χ2n) is 6.56. The monoisotopic (exact) mass is 437 g/mol. The second-order valence-corrected chi connectivity index (χ2v) is 6.56. The highest BCUT2D eigenvalue weighted by Gasteiger charge is 2.28. The van der Waals surface area contributed by atoms with Crippen molar-refractivity contribution in [2.75, 3.05) is 26.7 Å². The first-order valence-electron chi connectivity index (χ1n) is 9.78. The number of nitrogens with zero attached hydrogens (tertiary/aromatic N) is 2. The molecule has 7 nitrogen and oxygen atoms in total. The summed E-state index contributed by atoms with van der Waals surface area (Å²) in [5.41, 5.74) is 2.27. The minimum Gasteiger partial charge on any atom is -0.468 e. The van der Waals surface area contributed by atoms with E-state index in [0.717, 1.165) is 5.56 Å². The maximum atomic E-state index is 12.3. The van der Waals surface area contributed by atoms with Gasteiger partial charge in [-0.2, -0.15) is 13.2 Å². The van der Waals surface area contributed by atoms with Crippen LogP contribution in [0.25, 0.3) is 0 Å². The van der Waals surface area contributed by atoms with Gasteiger partial charge in [0.15, 0.2) is 12.6 Å². The molecule has 1 amide bonds. The van der Waals surface area contributed by atoms with Crippen LogP contribution in [0.3, 0.4) is 0 Å². The van der Waals surface area contributed by atoms with E-state index in [0.29, 0.717) is 36.6 Å². The third kappa shape index (κ3) is 8.93. The summed E-state index contributed by atoms with van der Waals surface area (Å²) in [6.45, 7) is 2.01. The second kappa shape index (κ2) is 11.8. The molecule has 2 rings (SSSR count). The number of aliphatic imine (C=N–C) groups is 1. The van der Waals surface area contributed by atoms with E-state index in [1.165, 1.54) is 12.3 Å². The Bertz CT molecular complexity index is 887. The van der Waals surface area contributed by atoms with Crippen molar-refractivity contribution in [2.45, 2.75) is 26.1 Å². The molecule has 2 aromatic rings. The molecule has 0 saturated heterocycles. The van der Waals surface area contributed by atoms with Gasteiger partial charge in [0.1, 0.15) is 0 Å². The number of alkyl halides is 3. The first kappa shape index (κ1) is 24.0. The Labute approximate surface area is 179 Å². The number of benzene rings is 1. The predicted octanol–water partition coefficient (Wildman–Crippen LogP) is 2.68. The van der Waals surface area contributed by atoms with Crippen LogP contribution < -0.4 is 20.7 Å². The van der Waals surface area contributed by atoms with Crippen LogP contribution in [0.4, 0.5) is 13.2 Å². The molecule has 3 N–H and O–H groups in total. The molecule has 0 atom stereocenters. The summed E-state index contributed by atoms with van der Waals surface area (Å²) in [5, 5.41) is 8.92. The lowest BCUT2D eigenvalue weighted by Gasteiger charge is -2.12. The molecule has 1 heterocycles. The van der Waals surface area contributed by atoms with Gasteiger partial charge >= 0.3 is 6.18 Å². The number of ether oxygens (including phenoxy) is 1. The van der Waals surface area contributed by atoms with Crippen LogP contribution in [-0.4, -0.2) is 49.8 Å². The number of rotatable bonds is 9. The average Bonchev–Trinajstić information content (AvgIpc) is 2.75. The number of nitrogens with one attached hydrogen (secondary N) is 3. The first-order chi connectivity index (χ1) is 14.8. The number of pyridine rings is 1. The Balaban J connectivity index is 1.93. The van der Waals surface area contributed by atoms with E-state index in [-0.39, 0.29) is 18.3 Å². The highest BCUT2D eigenvalue weighted by atomic mass is 19.4. The van der Waals surface area contributed by atoms with Gasteiger partial charge in [0.25, 0.3) is 5.91 Å². The third-order valence-corrected chi connectivity index (χ3v) is 4.07. The molecule has 0 saturated carbocycles. The predicted molar refractivity (Wildman–Crippen MR) is 112 cm³/mol. The topological polar surface area (TPSA) is 87.6 Å². The molecule has 0 aliphatic heterocycles. The summed E-state index contributed by atoms with van der Waals surface area (Å²) in [6.07, 6.45) is -2.35. The number of carbonyl (C=O) groups excluding carboxylic acids is 1. The van der Waals surface area contributed by atoms with E-state index in [4.69, 9.17) is 0 Å². The molecular weight excluding hydrogens is 411 g/mol. The summed E-state index contributed by atoms with van der Waals surface area (Å²) >= 11 is 0. The molecule has 10 heteroatoms. The van der Waals surface area contributed by atoms with Gasteiger partial charge < -0.3 is 20.7 Å². The van der Waals surface area contributed by atoms with Crippen LogP contribution in [0, 0.1) is 0 Å². The molecule has 0 unspecified atom stereocenters. The number of guanidine groups is 1. The smallest absolute Gasteiger partial charge is 0.422 e. The lowest BCUT2D eigenvalue weighted by Crippen LogP contribution is -2.38. The van der Waals surface area contributed by atoms with Crippen LogP contribution >= 0.6 is 0 Å². The van der Waals surface area contributed by atoms with E-state index in [1.54, 1.807) is 19.2 Å². The largest absolute Gasteiger partial charge is 0.468 e. The summed E-state index contributed by atoms with van der Waals surface area (Å²) in [5.74, 6) is 0.333. The average molecular weight is 437 g/mol. The number of hydrogen-bond donors (Lipinski definition) is 3. The van der Waals surface area contributed by atoms with Crippen molar-refractivity contribution in [3.8, 4) is 5.88 Å². The summed E-state index contributed by atoms with van der Waals surface area (Å²) < 4.78 is 41.5. The Morgan fingerprint density at radius 3 is 2.68 bits per heavy atom. The first-order valence-corrected chi connectivity index (χ1v) is 9.78. The minimum atomic E-state index is -4.42. The van der Waals surface area contributed by atoms with Gasteiger partial charge in [-0.15, -0.1) is 0 Å². The van der Waals surface area contributed by atoms with Crippen LogP contribution in [0.15, 0.2) is 47.6 Å². The van der Waals surface area contributed by atoms with E-state index >= 15 is 0 Å². The molecule has 1 aromatic heterocycles. The highest BCUT2D eigenvalue weighted by Crippen LogP contribution is 2.17. The van der Waals surface area contributed by atoms with E-state index in [1.807, 2.05) is 25.1 Å². The molecule has 0 spiro atoms. The number of amides is 1. The van der Waals surface area contributed by atoms with Gasteiger partial charge in [0.05, 0.1) is 6.54 Å². The SMILES string of the molecule is CCNC(=NCc1ccnc(OCC(F)(F)F)c1)NCCc1cccc(C(=O)NC)c1. The fraction of sp³-hybridized carbons (Fsp3) is 0.381. The number of halogens is 3. The summed E-state index contributed by atoms with van der Waals surface area (Å²) in [6, 6.07) is 10.5. The van der Waals surface area contributed by atoms with Crippen LogP contribution in [0.2, 0.25) is 0 Å². The van der Waals surface area contributed by atoms with E-state index in [9.17, 15) is 18.0 Å². The summed E-state index contributed by atoms with van der Waals surface area (Å²) in [7, 11) is 1.59. The Morgan fingerprint density at radius 1 is 1.16 bits per heavy atom. The lowest BCUT2D eigenvalue weighted by molar-refractivity contribution is -0.154.